The van der Waals surface area contributed by atoms with Crippen LogP contribution in [0.4, 0.5) is 4.79 Å². The van der Waals surface area contributed by atoms with Gasteiger partial charge in [-0.05, 0) is 29.7 Å². The van der Waals surface area contributed by atoms with Crippen LogP contribution in [0.15, 0.2) is 30.3 Å². The van der Waals surface area contributed by atoms with Crippen LogP contribution in [0, 0.1) is 11.3 Å². The van der Waals surface area contributed by atoms with Crippen molar-refractivity contribution < 1.29 is 4.79 Å². The zero-order chi connectivity index (χ0) is 13.0. The highest BCUT2D eigenvalue weighted by molar-refractivity contribution is 5.73. The standard InChI is InChI=1S/C15H22N2O/c1-12(2)15(8-9-15)11-17-14(18)16-10-13-6-4-3-5-7-13/h3-7,12H,8-11H2,1-2H3,(H2,16,17,18). The lowest BCUT2D eigenvalue weighted by Gasteiger charge is -2.20. The van der Waals surface area contributed by atoms with Crippen LogP contribution in [0.25, 0.3) is 0 Å². The van der Waals surface area contributed by atoms with E-state index in [-0.39, 0.29) is 6.03 Å². The summed E-state index contributed by atoms with van der Waals surface area (Å²) in [5, 5.41) is 5.88. The van der Waals surface area contributed by atoms with Crippen molar-refractivity contribution in [2.45, 2.75) is 33.2 Å². The normalized spacial score (nSPS) is 16.4. The number of nitrogens with one attached hydrogen (secondary N) is 2. The summed E-state index contributed by atoms with van der Waals surface area (Å²) >= 11 is 0. The number of rotatable bonds is 5. The van der Waals surface area contributed by atoms with Crippen LogP contribution in [0.3, 0.4) is 0 Å². The van der Waals surface area contributed by atoms with E-state index < -0.39 is 0 Å². The lowest BCUT2D eigenvalue weighted by atomic mass is 9.92. The maximum absolute atomic E-state index is 11.7. The lowest BCUT2D eigenvalue weighted by Crippen LogP contribution is -2.39. The van der Waals surface area contributed by atoms with Crippen molar-refractivity contribution in [1.82, 2.24) is 10.6 Å². The molecular weight excluding hydrogens is 224 g/mol. The summed E-state index contributed by atoms with van der Waals surface area (Å²) in [7, 11) is 0. The smallest absolute Gasteiger partial charge is 0.315 e. The predicted octanol–water partition coefficient (Wildman–Crippen LogP) is 2.92. The molecule has 0 saturated heterocycles. The molecule has 0 radical (unpaired) electrons. The minimum atomic E-state index is -0.0641. The summed E-state index contributed by atoms with van der Waals surface area (Å²) in [6.07, 6.45) is 2.48. The first kappa shape index (κ1) is 12.9. The minimum Gasteiger partial charge on any atom is -0.338 e. The number of carbonyl (C=O) groups is 1. The van der Waals surface area contributed by atoms with Crippen molar-refractivity contribution >= 4 is 6.03 Å². The molecule has 18 heavy (non-hydrogen) atoms. The Morgan fingerprint density at radius 2 is 1.89 bits per heavy atom. The molecule has 2 N–H and O–H groups in total. The lowest BCUT2D eigenvalue weighted by molar-refractivity contribution is 0.234. The first-order valence-electron chi connectivity index (χ1n) is 6.68. The highest BCUT2D eigenvalue weighted by Crippen LogP contribution is 2.51. The Morgan fingerprint density at radius 1 is 1.22 bits per heavy atom. The van der Waals surface area contributed by atoms with Gasteiger partial charge in [0.25, 0.3) is 0 Å². The summed E-state index contributed by atoms with van der Waals surface area (Å²) in [6.45, 7) is 5.85. The molecule has 1 aromatic rings. The second-order valence-electron chi connectivity index (χ2n) is 5.54. The van der Waals surface area contributed by atoms with Crippen molar-refractivity contribution in [2.75, 3.05) is 6.54 Å². The van der Waals surface area contributed by atoms with Gasteiger partial charge in [-0.3, -0.25) is 0 Å². The van der Waals surface area contributed by atoms with Gasteiger partial charge in [0.2, 0.25) is 0 Å². The largest absolute Gasteiger partial charge is 0.338 e. The van der Waals surface area contributed by atoms with Crippen LogP contribution in [-0.2, 0) is 6.54 Å². The molecule has 2 amide bonds. The monoisotopic (exact) mass is 246 g/mol. The van der Waals surface area contributed by atoms with Crippen LogP contribution in [0.1, 0.15) is 32.3 Å². The molecule has 0 aromatic heterocycles. The van der Waals surface area contributed by atoms with E-state index >= 15 is 0 Å². The van der Waals surface area contributed by atoms with Gasteiger partial charge in [0.05, 0.1) is 0 Å². The van der Waals surface area contributed by atoms with E-state index in [2.05, 4.69) is 24.5 Å². The van der Waals surface area contributed by atoms with Crippen LogP contribution >= 0.6 is 0 Å². The van der Waals surface area contributed by atoms with Gasteiger partial charge in [-0.15, -0.1) is 0 Å². The van der Waals surface area contributed by atoms with Gasteiger partial charge in [0.15, 0.2) is 0 Å². The molecular formula is C15H22N2O. The zero-order valence-corrected chi connectivity index (χ0v) is 11.2. The van der Waals surface area contributed by atoms with E-state index in [1.165, 1.54) is 12.8 Å². The van der Waals surface area contributed by atoms with Gasteiger partial charge < -0.3 is 10.6 Å². The van der Waals surface area contributed by atoms with Gasteiger partial charge in [-0.25, -0.2) is 4.79 Å². The summed E-state index contributed by atoms with van der Waals surface area (Å²) in [4.78, 5) is 11.7. The van der Waals surface area contributed by atoms with Gasteiger partial charge in [0, 0.05) is 13.1 Å². The second kappa shape index (κ2) is 5.42. The van der Waals surface area contributed by atoms with E-state index in [9.17, 15) is 4.79 Å². The summed E-state index contributed by atoms with van der Waals surface area (Å²) in [6, 6.07) is 9.89. The Balaban J connectivity index is 1.70. The molecule has 2 rings (SSSR count). The molecule has 1 aliphatic carbocycles. The number of urea groups is 1. The van der Waals surface area contributed by atoms with Crippen molar-refractivity contribution in [1.29, 1.82) is 0 Å². The van der Waals surface area contributed by atoms with E-state index in [1.807, 2.05) is 30.3 Å². The van der Waals surface area contributed by atoms with Gasteiger partial charge in [0.1, 0.15) is 0 Å². The first-order valence-corrected chi connectivity index (χ1v) is 6.68. The van der Waals surface area contributed by atoms with Crippen LogP contribution in [-0.4, -0.2) is 12.6 Å². The predicted molar refractivity (Wildman–Crippen MR) is 73.2 cm³/mol. The summed E-state index contributed by atoms with van der Waals surface area (Å²) < 4.78 is 0. The topological polar surface area (TPSA) is 41.1 Å². The Bertz CT molecular complexity index is 396. The van der Waals surface area contributed by atoms with Crippen molar-refractivity contribution in [2.24, 2.45) is 11.3 Å². The van der Waals surface area contributed by atoms with Crippen molar-refractivity contribution in [3.63, 3.8) is 0 Å². The summed E-state index contributed by atoms with van der Waals surface area (Å²) in [5.74, 6) is 0.645. The average Bonchev–Trinajstić information content (AvgIpc) is 3.16. The van der Waals surface area contributed by atoms with Gasteiger partial charge in [-0.2, -0.15) is 0 Å². The molecule has 98 valence electrons. The van der Waals surface area contributed by atoms with Gasteiger partial charge in [-0.1, -0.05) is 44.2 Å². The zero-order valence-electron chi connectivity index (χ0n) is 11.2. The van der Waals surface area contributed by atoms with E-state index in [1.54, 1.807) is 0 Å². The molecule has 0 aliphatic heterocycles. The van der Waals surface area contributed by atoms with Crippen LogP contribution < -0.4 is 10.6 Å². The molecule has 3 nitrogen and oxygen atoms in total. The van der Waals surface area contributed by atoms with Crippen molar-refractivity contribution in [3.8, 4) is 0 Å². The number of benzene rings is 1. The molecule has 0 heterocycles. The Kier molecular flexibility index (Phi) is 3.90. The van der Waals surface area contributed by atoms with E-state index in [4.69, 9.17) is 0 Å². The fourth-order valence-electron chi connectivity index (χ4n) is 2.22. The molecule has 3 heteroatoms. The SMILES string of the molecule is CC(C)C1(CNC(=O)NCc2ccccc2)CC1. The second-order valence-corrected chi connectivity index (χ2v) is 5.54. The number of amides is 2. The van der Waals surface area contributed by atoms with Crippen molar-refractivity contribution in [3.05, 3.63) is 35.9 Å². The third-order valence-electron chi connectivity index (χ3n) is 4.01. The van der Waals surface area contributed by atoms with E-state index in [0.29, 0.717) is 17.9 Å². The molecule has 1 aliphatic rings. The fourth-order valence-corrected chi connectivity index (χ4v) is 2.22. The number of hydrogen-bond acceptors (Lipinski definition) is 1. The molecule has 1 saturated carbocycles. The van der Waals surface area contributed by atoms with Crippen LogP contribution in [0.2, 0.25) is 0 Å². The van der Waals surface area contributed by atoms with Crippen LogP contribution in [0.5, 0.6) is 0 Å². The third-order valence-corrected chi connectivity index (χ3v) is 4.01. The maximum atomic E-state index is 11.7. The molecule has 0 atom stereocenters. The quantitative estimate of drug-likeness (QED) is 0.824. The van der Waals surface area contributed by atoms with Gasteiger partial charge >= 0.3 is 6.03 Å². The molecule has 0 spiro atoms. The molecule has 1 aromatic carbocycles. The maximum Gasteiger partial charge on any atom is 0.315 e. The minimum absolute atomic E-state index is 0.0641. The Labute approximate surface area is 109 Å². The Hall–Kier alpha value is -1.51. The first-order chi connectivity index (χ1) is 8.62. The summed E-state index contributed by atoms with van der Waals surface area (Å²) in [5.41, 5.74) is 1.49. The molecule has 1 fully saturated rings. The number of carbonyl (C=O) groups excluding carboxylic acids is 1. The third kappa shape index (κ3) is 3.25. The highest BCUT2D eigenvalue weighted by Gasteiger charge is 2.45. The molecule has 0 bridgehead atoms. The fraction of sp³-hybridized carbons (Fsp3) is 0.533. The average molecular weight is 246 g/mol. The molecule has 0 unspecified atom stereocenters. The highest BCUT2D eigenvalue weighted by atomic mass is 16.2. The number of hydrogen-bond donors (Lipinski definition) is 2. The Morgan fingerprint density at radius 3 is 2.44 bits per heavy atom. The van der Waals surface area contributed by atoms with E-state index in [0.717, 1.165) is 12.1 Å².